The molecule has 0 saturated carbocycles. The monoisotopic (exact) mass is 260 g/mol. The van der Waals surface area contributed by atoms with Crippen LogP contribution >= 0.6 is 0 Å². The molecule has 0 aromatic carbocycles. The fourth-order valence-electron chi connectivity index (χ4n) is 2.02. The molecule has 1 aliphatic rings. The van der Waals surface area contributed by atoms with E-state index < -0.39 is 23.8 Å². The first-order valence-corrected chi connectivity index (χ1v) is 6.23. The number of cyclic esters (lactones) is 2. The molecule has 0 N–H and O–H groups in total. The average Bonchev–Trinajstić information content (AvgIpc) is 2.28. The molecule has 18 heavy (non-hydrogen) atoms. The lowest BCUT2D eigenvalue weighted by Gasteiger charge is -2.39. The predicted octanol–water partition coefficient (Wildman–Crippen LogP) is 1.23. The summed E-state index contributed by atoms with van der Waals surface area (Å²) >= 11 is 0. The Kier molecular flexibility index (Phi) is 5.71. The van der Waals surface area contributed by atoms with Crippen molar-refractivity contribution < 1.29 is 28.5 Å². The molecule has 0 radical (unpaired) electrons. The van der Waals surface area contributed by atoms with E-state index in [1.54, 1.807) is 20.8 Å². The summed E-state index contributed by atoms with van der Waals surface area (Å²) in [6.45, 7) is 6.49. The van der Waals surface area contributed by atoms with Crippen LogP contribution in [0, 0.1) is 5.92 Å². The third kappa shape index (κ3) is 3.51. The van der Waals surface area contributed by atoms with Crippen LogP contribution < -0.4 is 0 Å². The zero-order valence-electron chi connectivity index (χ0n) is 11.1. The summed E-state index contributed by atoms with van der Waals surface area (Å²) in [5.74, 6) is -2.96. The van der Waals surface area contributed by atoms with Crippen molar-refractivity contribution in [3.63, 3.8) is 0 Å². The van der Waals surface area contributed by atoms with Crippen LogP contribution in [0.3, 0.4) is 0 Å². The Hall–Kier alpha value is -0.980. The van der Waals surface area contributed by atoms with Crippen molar-refractivity contribution >= 4 is 11.9 Å². The van der Waals surface area contributed by atoms with Gasteiger partial charge in [0, 0.05) is 19.8 Å². The summed E-state index contributed by atoms with van der Waals surface area (Å²) in [7, 11) is 0. The molecule has 1 saturated heterocycles. The number of carbonyl (C=O) groups excluding carboxylic acids is 2. The Balaban J connectivity index is 2.91. The Morgan fingerprint density at radius 3 is 1.72 bits per heavy atom. The molecule has 0 atom stereocenters. The van der Waals surface area contributed by atoms with Crippen LogP contribution in [0.15, 0.2) is 0 Å². The first-order valence-electron chi connectivity index (χ1n) is 6.23. The van der Waals surface area contributed by atoms with Gasteiger partial charge in [-0.15, -0.1) is 0 Å². The lowest BCUT2D eigenvalue weighted by atomic mass is 9.96. The van der Waals surface area contributed by atoms with Crippen LogP contribution in [0.2, 0.25) is 0 Å². The van der Waals surface area contributed by atoms with Crippen LogP contribution in [0.4, 0.5) is 0 Å². The third-order valence-corrected chi connectivity index (χ3v) is 2.59. The van der Waals surface area contributed by atoms with E-state index >= 15 is 0 Å². The molecule has 1 heterocycles. The van der Waals surface area contributed by atoms with E-state index in [4.69, 9.17) is 14.2 Å². The van der Waals surface area contributed by atoms with Crippen LogP contribution in [-0.4, -0.2) is 37.7 Å². The van der Waals surface area contributed by atoms with Gasteiger partial charge >= 0.3 is 11.9 Å². The van der Waals surface area contributed by atoms with Gasteiger partial charge in [0.05, 0.1) is 18.8 Å². The maximum Gasteiger partial charge on any atom is 0.314 e. The Labute approximate surface area is 107 Å². The lowest BCUT2D eigenvalue weighted by molar-refractivity contribution is -0.402. The van der Waals surface area contributed by atoms with Gasteiger partial charge in [0.15, 0.2) is 0 Å². The summed E-state index contributed by atoms with van der Waals surface area (Å²) in [5.41, 5.74) is 0. The second-order valence-electron chi connectivity index (χ2n) is 3.85. The second kappa shape index (κ2) is 6.82. The Morgan fingerprint density at radius 2 is 1.39 bits per heavy atom. The first-order chi connectivity index (χ1) is 8.57. The van der Waals surface area contributed by atoms with Crippen LogP contribution in [-0.2, 0) is 28.5 Å². The molecular weight excluding hydrogens is 240 g/mol. The number of rotatable bonds is 7. The molecule has 1 rings (SSSR count). The van der Waals surface area contributed by atoms with E-state index in [1.165, 1.54) is 0 Å². The van der Waals surface area contributed by atoms with Crippen LogP contribution in [0.5, 0.6) is 0 Å². The summed E-state index contributed by atoms with van der Waals surface area (Å²) in [4.78, 5) is 22.7. The van der Waals surface area contributed by atoms with Gasteiger partial charge in [-0.25, -0.2) is 0 Å². The maximum absolute atomic E-state index is 11.3. The van der Waals surface area contributed by atoms with Gasteiger partial charge in [-0.1, -0.05) is 0 Å². The molecular formula is C12H20O6. The highest BCUT2D eigenvalue weighted by Gasteiger charge is 2.47. The van der Waals surface area contributed by atoms with Gasteiger partial charge in [-0.05, 0) is 20.8 Å². The Bertz CT molecular complexity index is 268. The van der Waals surface area contributed by atoms with E-state index in [2.05, 4.69) is 4.74 Å². The van der Waals surface area contributed by atoms with Gasteiger partial charge in [-0.3, -0.25) is 9.59 Å². The normalized spacial score (nSPS) is 17.9. The minimum atomic E-state index is -1.34. The van der Waals surface area contributed by atoms with E-state index in [0.29, 0.717) is 19.8 Å². The number of hydrogen-bond donors (Lipinski definition) is 0. The minimum absolute atomic E-state index is 0.0474. The summed E-state index contributed by atoms with van der Waals surface area (Å²) < 4.78 is 21.1. The van der Waals surface area contributed by atoms with Gasteiger partial charge in [-0.2, -0.15) is 0 Å². The highest BCUT2D eigenvalue weighted by Crippen LogP contribution is 2.34. The zero-order chi connectivity index (χ0) is 13.6. The van der Waals surface area contributed by atoms with Crippen LogP contribution in [0.1, 0.15) is 33.6 Å². The largest absolute Gasteiger partial charge is 0.393 e. The van der Waals surface area contributed by atoms with E-state index in [1.807, 2.05) is 0 Å². The topological polar surface area (TPSA) is 71.1 Å². The molecule has 0 spiro atoms. The fraction of sp³-hybridized carbons (Fsp3) is 0.833. The molecule has 6 heteroatoms. The number of hydrogen-bond acceptors (Lipinski definition) is 6. The van der Waals surface area contributed by atoms with E-state index in [0.717, 1.165) is 0 Å². The maximum atomic E-state index is 11.3. The van der Waals surface area contributed by atoms with Crippen molar-refractivity contribution in [1.82, 2.24) is 0 Å². The van der Waals surface area contributed by atoms with E-state index in [9.17, 15) is 9.59 Å². The molecule has 0 bridgehead atoms. The molecule has 1 fully saturated rings. The van der Waals surface area contributed by atoms with Gasteiger partial charge < -0.3 is 18.9 Å². The van der Waals surface area contributed by atoms with Crippen molar-refractivity contribution in [1.29, 1.82) is 0 Å². The zero-order valence-corrected chi connectivity index (χ0v) is 11.1. The molecule has 0 aliphatic carbocycles. The van der Waals surface area contributed by atoms with Gasteiger partial charge in [0.25, 0.3) is 5.97 Å². The number of ether oxygens (including phenoxy) is 4. The number of esters is 2. The lowest BCUT2D eigenvalue weighted by Crippen LogP contribution is -2.50. The van der Waals surface area contributed by atoms with E-state index in [-0.39, 0.29) is 12.8 Å². The van der Waals surface area contributed by atoms with Crippen molar-refractivity contribution in [2.45, 2.75) is 39.6 Å². The summed E-state index contributed by atoms with van der Waals surface area (Å²) in [5, 5.41) is 0. The third-order valence-electron chi connectivity index (χ3n) is 2.59. The molecule has 0 amide bonds. The highest BCUT2D eigenvalue weighted by molar-refractivity contribution is 5.88. The van der Waals surface area contributed by atoms with Gasteiger partial charge in [0.1, 0.15) is 0 Å². The number of carbonyl (C=O) groups is 2. The second-order valence-corrected chi connectivity index (χ2v) is 3.85. The Morgan fingerprint density at radius 1 is 1.00 bits per heavy atom. The minimum Gasteiger partial charge on any atom is -0.393 e. The van der Waals surface area contributed by atoms with Gasteiger partial charge in [0.2, 0.25) is 0 Å². The smallest absolute Gasteiger partial charge is 0.314 e. The first kappa shape index (κ1) is 15.1. The molecule has 6 nitrogen and oxygen atoms in total. The van der Waals surface area contributed by atoms with Crippen molar-refractivity contribution in [2.24, 2.45) is 5.92 Å². The summed E-state index contributed by atoms with van der Waals surface area (Å²) in [6.07, 6.45) is 0.0947. The molecule has 0 unspecified atom stereocenters. The summed E-state index contributed by atoms with van der Waals surface area (Å²) in [6, 6.07) is 0. The molecule has 0 aromatic rings. The standard InChI is InChI=1S/C12H20O6/c1-4-15-12(16-5-2,17-6-3)9-7-10(13)18-11(14)8-9/h9H,4-8H2,1-3H3. The van der Waals surface area contributed by atoms with Crippen molar-refractivity contribution in [3.8, 4) is 0 Å². The highest BCUT2D eigenvalue weighted by atomic mass is 16.9. The fourth-order valence-corrected chi connectivity index (χ4v) is 2.02. The predicted molar refractivity (Wildman–Crippen MR) is 61.4 cm³/mol. The molecule has 104 valence electrons. The van der Waals surface area contributed by atoms with Crippen LogP contribution in [0.25, 0.3) is 0 Å². The molecule has 0 aromatic heterocycles. The average molecular weight is 260 g/mol. The quantitative estimate of drug-likeness (QED) is 0.389. The SMILES string of the molecule is CCOC(OCC)(OCC)C1CC(=O)OC(=O)C1. The van der Waals surface area contributed by atoms with Crippen molar-refractivity contribution in [2.75, 3.05) is 19.8 Å². The molecule has 1 aliphatic heterocycles. The van der Waals surface area contributed by atoms with Crippen molar-refractivity contribution in [3.05, 3.63) is 0 Å².